The van der Waals surface area contributed by atoms with Crippen molar-refractivity contribution < 1.29 is 9.53 Å². The minimum absolute atomic E-state index is 0.00608. The molecule has 0 saturated heterocycles. The number of nitrogens with zero attached hydrogens (tertiary/aromatic N) is 2. The molecule has 31 heavy (non-hydrogen) atoms. The van der Waals surface area contributed by atoms with E-state index < -0.39 is 0 Å². The van der Waals surface area contributed by atoms with Gasteiger partial charge in [0.1, 0.15) is 12.3 Å². The Bertz CT molecular complexity index is 1240. The Kier molecular flexibility index (Phi) is 6.43. The number of esters is 1. The van der Waals surface area contributed by atoms with Crippen molar-refractivity contribution in [1.82, 2.24) is 9.38 Å². The lowest BCUT2D eigenvalue weighted by atomic mass is 9.89. The molecule has 0 radical (unpaired) electrons. The highest BCUT2D eigenvalue weighted by Gasteiger charge is 2.18. The van der Waals surface area contributed by atoms with Crippen molar-refractivity contribution in [2.75, 3.05) is 0 Å². The SMILES string of the molecule is O=C(CC(Cc1ccccc1)c1ccccc1)OCc1cc(=O)n2cc(Cl)ccc2n1. The first-order valence-electron chi connectivity index (χ1n) is 10.0. The van der Waals surface area contributed by atoms with Gasteiger partial charge in [-0.1, -0.05) is 72.3 Å². The first-order valence-corrected chi connectivity index (χ1v) is 10.4. The maximum Gasteiger partial charge on any atom is 0.306 e. The summed E-state index contributed by atoms with van der Waals surface area (Å²) in [6, 6.07) is 24.7. The van der Waals surface area contributed by atoms with Gasteiger partial charge in [-0.15, -0.1) is 0 Å². The Morgan fingerprint density at radius 3 is 2.45 bits per heavy atom. The fraction of sp³-hybridized carbons (Fsp3) is 0.160. The molecule has 0 aliphatic heterocycles. The van der Waals surface area contributed by atoms with Crippen molar-refractivity contribution in [3.8, 4) is 0 Å². The third-order valence-corrected chi connectivity index (χ3v) is 5.29. The fourth-order valence-electron chi connectivity index (χ4n) is 3.55. The van der Waals surface area contributed by atoms with E-state index in [1.165, 1.54) is 16.7 Å². The van der Waals surface area contributed by atoms with Gasteiger partial charge in [-0.05, 0) is 35.6 Å². The monoisotopic (exact) mass is 432 g/mol. The lowest BCUT2D eigenvalue weighted by molar-refractivity contribution is -0.145. The molecule has 0 bridgehead atoms. The molecular weight excluding hydrogens is 412 g/mol. The molecule has 0 saturated carbocycles. The number of ether oxygens (including phenoxy) is 1. The van der Waals surface area contributed by atoms with Crippen molar-refractivity contribution in [3.05, 3.63) is 117 Å². The number of hydrogen-bond donors (Lipinski definition) is 0. The van der Waals surface area contributed by atoms with Crippen LogP contribution in [0.4, 0.5) is 0 Å². The van der Waals surface area contributed by atoms with Gasteiger partial charge in [0.15, 0.2) is 0 Å². The summed E-state index contributed by atoms with van der Waals surface area (Å²) in [6.45, 7) is -0.0555. The molecule has 156 valence electrons. The van der Waals surface area contributed by atoms with E-state index >= 15 is 0 Å². The van der Waals surface area contributed by atoms with Crippen LogP contribution in [0.5, 0.6) is 0 Å². The molecule has 0 N–H and O–H groups in total. The maximum atomic E-state index is 12.6. The number of pyridine rings is 1. The normalized spacial score (nSPS) is 11.9. The number of carbonyl (C=O) groups excluding carboxylic acids is 1. The predicted molar refractivity (Wildman–Crippen MR) is 120 cm³/mol. The van der Waals surface area contributed by atoms with Crippen LogP contribution in [0.2, 0.25) is 5.02 Å². The highest BCUT2D eigenvalue weighted by Crippen LogP contribution is 2.25. The van der Waals surface area contributed by atoms with Crippen LogP contribution >= 0.6 is 11.6 Å². The van der Waals surface area contributed by atoms with E-state index in [1.807, 2.05) is 48.5 Å². The summed E-state index contributed by atoms with van der Waals surface area (Å²) < 4.78 is 6.83. The van der Waals surface area contributed by atoms with Crippen LogP contribution < -0.4 is 5.56 Å². The topological polar surface area (TPSA) is 60.7 Å². The summed E-state index contributed by atoms with van der Waals surface area (Å²) in [7, 11) is 0. The van der Waals surface area contributed by atoms with Crippen LogP contribution in [0.1, 0.15) is 29.2 Å². The third-order valence-electron chi connectivity index (χ3n) is 5.07. The predicted octanol–water partition coefficient (Wildman–Crippen LogP) is 4.81. The molecule has 1 unspecified atom stereocenters. The van der Waals surface area contributed by atoms with Crippen molar-refractivity contribution in [1.29, 1.82) is 0 Å². The molecule has 5 nitrogen and oxygen atoms in total. The molecule has 1 atom stereocenters. The first kappa shape index (κ1) is 20.8. The van der Waals surface area contributed by atoms with Gasteiger partial charge >= 0.3 is 5.97 Å². The number of fused-ring (bicyclic) bond motifs is 1. The fourth-order valence-corrected chi connectivity index (χ4v) is 3.71. The van der Waals surface area contributed by atoms with Crippen LogP contribution in [-0.4, -0.2) is 15.4 Å². The van der Waals surface area contributed by atoms with Gasteiger partial charge in [0, 0.05) is 12.3 Å². The molecule has 2 heterocycles. The van der Waals surface area contributed by atoms with Gasteiger partial charge in [0.05, 0.1) is 17.1 Å². The van der Waals surface area contributed by atoms with E-state index in [0.29, 0.717) is 16.4 Å². The number of halogens is 1. The summed E-state index contributed by atoms with van der Waals surface area (Å²) in [5.74, 6) is -0.337. The van der Waals surface area contributed by atoms with E-state index in [4.69, 9.17) is 16.3 Å². The second-order valence-electron chi connectivity index (χ2n) is 7.32. The highest BCUT2D eigenvalue weighted by atomic mass is 35.5. The smallest absolute Gasteiger partial charge is 0.306 e. The Labute approximate surface area is 184 Å². The zero-order chi connectivity index (χ0) is 21.6. The largest absolute Gasteiger partial charge is 0.459 e. The molecule has 4 aromatic rings. The summed E-state index contributed by atoms with van der Waals surface area (Å²) in [6.07, 6.45) is 2.48. The van der Waals surface area contributed by atoms with Gasteiger partial charge in [0.2, 0.25) is 0 Å². The second kappa shape index (κ2) is 9.58. The molecule has 0 amide bonds. The van der Waals surface area contributed by atoms with E-state index in [0.717, 1.165) is 17.5 Å². The minimum atomic E-state index is -0.331. The average Bonchev–Trinajstić information content (AvgIpc) is 2.79. The molecule has 0 aliphatic rings. The molecule has 0 aliphatic carbocycles. The van der Waals surface area contributed by atoms with Crippen LogP contribution in [0.25, 0.3) is 5.65 Å². The average molecular weight is 433 g/mol. The molecular formula is C25H21ClN2O3. The number of rotatable bonds is 7. The van der Waals surface area contributed by atoms with Crippen molar-refractivity contribution >= 4 is 23.2 Å². The quantitative estimate of drug-likeness (QED) is 0.393. The first-order chi connectivity index (χ1) is 15.1. The van der Waals surface area contributed by atoms with Crippen LogP contribution in [0.15, 0.2) is 89.9 Å². The number of carbonyl (C=O) groups is 1. The molecule has 2 aromatic carbocycles. The Balaban J connectivity index is 1.46. The minimum Gasteiger partial charge on any atom is -0.459 e. The van der Waals surface area contributed by atoms with Crippen LogP contribution in [0.3, 0.4) is 0 Å². The molecule has 4 rings (SSSR count). The molecule has 0 spiro atoms. The van der Waals surface area contributed by atoms with Gasteiger partial charge < -0.3 is 4.74 Å². The maximum absolute atomic E-state index is 12.6. The lowest BCUT2D eigenvalue weighted by Crippen LogP contribution is -2.17. The number of benzene rings is 2. The third kappa shape index (κ3) is 5.38. The molecule has 0 fully saturated rings. The van der Waals surface area contributed by atoms with Gasteiger partial charge in [-0.25, -0.2) is 4.98 Å². The van der Waals surface area contributed by atoms with E-state index in [2.05, 4.69) is 17.1 Å². The summed E-state index contributed by atoms with van der Waals surface area (Å²) in [5.41, 5.74) is 2.83. The van der Waals surface area contributed by atoms with Gasteiger partial charge in [-0.2, -0.15) is 0 Å². The Morgan fingerprint density at radius 1 is 1.00 bits per heavy atom. The van der Waals surface area contributed by atoms with E-state index in [9.17, 15) is 9.59 Å². The van der Waals surface area contributed by atoms with Crippen LogP contribution in [0, 0.1) is 0 Å². The summed E-state index contributed by atoms with van der Waals surface area (Å²) in [5, 5.41) is 0.445. The standard InChI is InChI=1S/C25H21ClN2O3/c26-21-11-12-23-27-22(15-24(29)28(23)16-21)17-31-25(30)14-20(19-9-5-2-6-10-19)13-18-7-3-1-4-8-18/h1-12,15-16,20H,13-14,17H2. The Hall–Kier alpha value is -3.44. The van der Waals surface area contributed by atoms with Crippen molar-refractivity contribution in [3.63, 3.8) is 0 Å². The Morgan fingerprint density at radius 2 is 1.71 bits per heavy atom. The van der Waals surface area contributed by atoms with E-state index in [-0.39, 0.29) is 30.5 Å². The lowest BCUT2D eigenvalue weighted by Gasteiger charge is -2.17. The van der Waals surface area contributed by atoms with Gasteiger partial charge in [-0.3, -0.25) is 14.0 Å². The number of hydrogen-bond acceptors (Lipinski definition) is 4. The summed E-state index contributed by atoms with van der Waals surface area (Å²) in [4.78, 5) is 29.3. The highest BCUT2D eigenvalue weighted by molar-refractivity contribution is 6.30. The molecule has 2 aromatic heterocycles. The van der Waals surface area contributed by atoms with Crippen molar-refractivity contribution in [2.45, 2.75) is 25.4 Å². The van der Waals surface area contributed by atoms with E-state index in [1.54, 1.807) is 12.1 Å². The zero-order valence-corrected chi connectivity index (χ0v) is 17.5. The molecule has 6 heteroatoms. The zero-order valence-electron chi connectivity index (χ0n) is 16.8. The summed E-state index contributed by atoms with van der Waals surface area (Å²) >= 11 is 5.93. The number of aromatic nitrogens is 2. The van der Waals surface area contributed by atoms with Gasteiger partial charge in [0.25, 0.3) is 5.56 Å². The second-order valence-corrected chi connectivity index (χ2v) is 7.76. The van der Waals surface area contributed by atoms with Crippen LogP contribution in [-0.2, 0) is 22.6 Å². The van der Waals surface area contributed by atoms with Crippen molar-refractivity contribution in [2.24, 2.45) is 0 Å².